The Hall–Kier alpha value is -2.83. The summed E-state index contributed by atoms with van der Waals surface area (Å²) >= 11 is 0. The molecule has 7 heteroatoms. The predicted octanol–water partition coefficient (Wildman–Crippen LogP) is 3.05. The maximum Gasteiger partial charge on any atom is 0.272 e. The average molecular weight is 372 g/mol. The molecule has 146 valence electrons. The van der Waals surface area contributed by atoms with Crippen LogP contribution >= 0.6 is 0 Å². The van der Waals surface area contributed by atoms with Gasteiger partial charge in [0, 0.05) is 19.6 Å². The minimum Gasteiger partial charge on any atom is -0.493 e. The molecule has 0 aliphatic carbocycles. The van der Waals surface area contributed by atoms with Crippen molar-refractivity contribution < 1.29 is 14.3 Å². The van der Waals surface area contributed by atoms with Crippen LogP contribution in [0.3, 0.4) is 0 Å². The van der Waals surface area contributed by atoms with Gasteiger partial charge in [-0.1, -0.05) is 19.9 Å². The minimum absolute atomic E-state index is 0.263. The van der Waals surface area contributed by atoms with E-state index in [0.717, 1.165) is 37.3 Å². The van der Waals surface area contributed by atoms with Crippen LogP contribution in [-0.2, 0) is 6.54 Å². The third kappa shape index (κ3) is 5.57. The van der Waals surface area contributed by atoms with E-state index in [1.807, 2.05) is 24.3 Å². The molecule has 1 heterocycles. The lowest BCUT2D eigenvalue weighted by Crippen LogP contribution is -2.27. The van der Waals surface area contributed by atoms with Crippen molar-refractivity contribution in [3.63, 3.8) is 0 Å². The third-order valence-corrected chi connectivity index (χ3v) is 4.10. The van der Waals surface area contributed by atoms with E-state index in [9.17, 15) is 4.79 Å². The number of aromatic nitrogens is 2. The first-order valence-electron chi connectivity index (χ1n) is 9.20. The van der Waals surface area contributed by atoms with Gasteiger partial charge in [0.25, 0.3) is 5.91 Å². The Bertz CT molecular complexity index is 729. The molecule has 0 spiro atoms. The number of carbonyl (C=O) groups is 1. The smallest absolute Gasteiger partial charge is 0.272 e. The Morgan fingerprint density at radius 2 is 1.70 bits per heavy atom. The number of ether oxygens (including phenoxy) is 2. The second-order valence-corrected chi connectivity index (χ2v) is 6.14. The number of amides is 1. The van der Waals surface area contributed by atoms with E-state index in [-0.39, 0.29) is 5.91 Å². The molecule has 1 aromatic heterocycles. The number of carbonyl (C=O) groups excluding carboxylic acids is 1. The SMILES string of the molecule is CCCN(CCC)c1ccc(C(=O)NCc2ccc(OC)c(OC)c2)nn1. The number of nitrogens with one attached hydrogen (secondary N) is 1. The average Bonchev–Trinajstić information content (AvgIpc) is 2.71. The first-order chi connectivity index (χ1) is 13.1. The maximum absolute atomic E-state index is 12.3. The molecule has 27 heavy (non-hydrogen) atoms. The Labute approximate surface area is 160 Å². The Morgan fingerprint density at radius 3 is 2.26 bits per heavy atom. The second kappa shape index (κ2) is 10.4. The summed E-state index contributed by atoms with van der Waals surface area (Å²) < 4.78 is 10.5. The number of anilines is 1. The molecule has 1 aromatic carbocycles. The fourth-order valence-electron chi connectivity index (χ4n) is 2.76. The lowest BCUT2D eigenvalue weighted by molar-refractivity contribution is 0.0945. The van der Waals surface area contributed by atoms with Crippen molar-refractivity contribution in [3.8, 4) is 11.5 Å². The summed E-state index contributed by atoms with van der Waals surface area (Å²) in [6.45, 7) is 6.47. The first kappa shape index (κ1) is 20.5. The van der Waals surface area contributed by atoms with Gasteiger partial charge in [0.05, 0.1) is 14.2 Å². The summed E-state index contributed by atoms with van der Waals surface area (Å²) in [4.78, 5) is 14.5. The van der Waals surface area contributed by atoms with Crippen LogP contribution in [0.15, 0.2) is 30.3 Å². The Balaban J connectivity index is 1.99. The second-order valence-electron chi connectivity index (χ2n) is 6.14. The molecule has 2 aromatic rings. The molecule has 2 rings (SSSR count). The lowest BCUT2D eigenvalue weighted by Gasteiger charge is -2.21. The fraction of sp³-hybridized carbons (Fsp3) is 0.450. The van der Waals surface area contributed by atoms with Gasteiger partial charge in [0.2, 0.25) is 0 Å². The molecular weight excluding hydrogens is 344 g/mol. The monoisotopic (exact) mass is 372 g/mol. The summed E-state index contributed by atoms with van der Waals surface area (Å²) in [5, 5.41) is 11.2. The van der Waals surface area contributed by atoms with Crippen molar-refractivity contribution in [1.29, 1.82) is 0 Å². The van der Waals surface area contributed by atoms with Crippen molar-refractivity contribution in [1.82, 2.24) is 15.5 Å². The summed E-state index contributed by atoms with van der Waals surface area (Å²) in [5.74, 6) is 1.81. The largest absolute Gasteiger partial charge is 0.493 e. The van der Waals surface area contributed by atoms with Crippen LogP contribution in [0, 0.1) is 0 Å². The zero-order valence-corrected chi connectivity index (χ0v) is 16.5. The van der Waals surface area contributed by atoms with Gasteiger partial charge in [-0.15, -0.1) is 10.2 Å². The van der Waals surface area contributed by atoms with E-state index in [1.165, 1.54) is 0 Å². The number of rotatable bonds is 10. The van der Waals surface area contributed by atoms with Gasteiger partial charge < -0.3 is 19.7 Å². The van der Waals surface area contributed by atoms with Crippen LogP contribution in [0.1, 0.15) is 42.7 Å². The van der Waals surface area contributed by atoms with Crippen LogP contribution in [0.4, 0.5) is 5.82 Å². The van der Waals surface area contributed by atoms with Crippen LogP contribution in [0.5, 0.6) is 11.5 Å². The van der Waals surface area contributed by atoms with Gasteiger partial charge in [-0.2, -0.15) is 0 Å². The number of nitrogens with zero attached hydrogens (tertiary/aromatic N) is 3. The van der Waals surface area contributed by atoms with Crippen LogP contribution in [-0.4, -0.2) is 43.4 Å². The quantitative estimate of drug-likeness (QED) is 0.691. The van der Waals surface area contributed by atoms with E-state index in [2.05, 4.69) is 34.3 Å². The molecule has 0 atom stereocenters. The molecule has 0 radical (unpaired) electrons. The van der Waals surface area contributed by atoms with Gasteiger partial charge in [-0.3, -0.25) is 4.79 Å². The molecule has 1 N–H and O–H groups in total. The fourth-order valence-corrected chi connectivity index (χ4v) is 2.76. The van der Waals surface area contributed by atoms with Gasteiger partial charge >= 0.3 is 0 Å². The molecule has 0 aliphatic heterocycles. The van der Waals surface area contributed by atoms with Crippen molar-refractivity contribution in [2.45, 2.75) is 33.2 Å². The van der Waals surface area contributed by atoms with Crippen LogP contribution in [0.2, 0.25) is 0 Å². The number of hydrogen-bond donors (Lipinski definition) is 1. The molecular formula is C20H28N4O3. The van der Waals surface area contributed by atoms with E-state index in [0.29, 0.717) is 23.7 Å². The standard InChI is InChI=1S/C20H28N4O3/c1-5-11-24(12-6-2)19-10-8-16(22-23-19)20(25)21-14-15-7-9-17(26-3)18(13-15)27-4/h7-10,13H,5-6,11-12,14H2,1-4H3,(H,21,25). The molecule has 1 amide bonds. The highest BCUT2D eigenvalue weighted by Gasteiger charge is 2.12. The summed E-state index contributed by atoms with van der Waals surface area (Å²) in [6, 6.07) is 9.09. The highest BCUT2D eigenvalue weighted by Crippen LogP contribution is 2.27. The highest BCUT2D eigenvalue weighted by molar-refractivity contribution is 5.92. The van der Waals surface area contributed by atoms with Crippen LogP contribution in [0.25, 0.3) is 0 Å². The summed E-state index contributed by atoms with van der Waals surface area (Å²) in [5.41, 5.74) is 1.20. The van der Waals surface area contributed by atoms with Gasteiger partial charge in [-0.25, -0.2) is 0 Å². The molecule has 0 unspecified atom stereocenters. The molecule has 0 saturated heterocycles. The summed E-state index contributed by atoms with van der Waals surface area (Å²) in [6.07, 6.45) is 2.07. The van der Waals surface area contributed by atoms with E-state index in [1.54, 1.807) is 20.3 Å². The Morgan fingerprint density at radius 1 is 1.00 bits per heavy atom. The molecule has 0 fully saturated rings. The van der Waals surface area contributed by atoms with Gasteiger partial charge in [0.1, 0.15) is 0 Å². The van der Waals surface area contributed by atoms with E-state index >= 15 is 0 Å². The Kier molecular flexibility index (Phi) is 7.85. The van der Waals surface area contributed by atoms with Crippen molar-refractivity contribution in [3.05, 3.63) is 41.6 Å². The summed E-state index contributed by atoms with van der Waals surface area (Å²) in [7, 11) is 3.17. The molecule has 7 nitrogen and oxygen atoms in total. The number of hydrogen-bond acceptors (Lipinski definition) is 6. The molecule has 0 saturated carbocycles. The zero-order chi connectivity index (χ0) is 19.6. The third-order valence-electron chi connectivity index (χ3n) is 4.10. The highest BCUT2D eigenvalue weighted by atomic mass is 16.5. The van der Waals surface area contributed by atoms with Crippen molar-refractivity contribution in [2.75, 3.05) is 32.2 Å². The lowest BCUT2D eigenvalue weighted by atomic mass is 10.2. The van der Waals surface area contributed by atoms with Gasteiger partial charge in [0.15, 0.2) is 23.0 Å². The zero-order valence-electron chi connectivity index (χ0n) is 16.5. The normalized spacial score (nSPS) is 10.4. The van der Waals surface area contributed by atoms with E-state index < -0.39 is 0 Å². The minimum atomic E-state index is -0.263. The first-order valence-corrected chi connectivity index (χ1v) is 9.20. The van der Waals surface area contributed by atoms with Gasteiger partial charge in [-0.05, 0) is 42.7 Å². The number of benzene rings is 1. The molecule has 0 bridgehead atoms. The molecule has 0 aliphatic rings. The number of methoxy groups -OCH3 is 2. The van der Waals surface area contributed by atoms with Crippen LogP contribution < -0.4 is 19.7 Å². The van der Waals surface area contributed by atoms with Crippen molar-refractivity contribution in [2.24, 2.45) is 0 Å². The topological polar surface area (TPSA) is 76.6 Å². The maximum atomic E-state index is 12.3. The van der Waals surface area contributed by atoms with E-state index in [4.69, 9.17) is 9.47 Å². The predicted molar refractivity (Wildman–Crippen MR) is 106 cm³/mol. The van der Waals surface area contributed by atoms with Crippen molar-refractivity contribution >= 4 is 11.7 Å².